The van der Waals surface area contributed by atoms with E-state index in [4.69, 9.17) is 9.15 Å². The van der Waals surface area contributed by atoms with Gasteiger partial charge in [-0.05, 0) is 39.2 Å². The third-order valence-corrected chi connectivity index (χ3v) is 6.77. The van der Waals surface area contributed by atoms with E-state index in [1.165, 1.54) is 12.7 Å². The van der Waals surface area contributed by atoms with Crippen molar-refractivity contribution in [1.29, 1.82) is 0 Å². The Balaban J connectivity index is 2.16. The quantitative estimate of drug-likeness (QED) is 0.847. The molecule has 136 valence electrons. The Morgan fingerprint density at radius 1 is 1.32 bits per heavy atom. The van der Waals surface area contributed by atoms with Gasteiger partial charge in [0.25, 0.3) is 5.95 Å². The second kappa shape index (κ2) is 5.34. The van der Waals surface area contributed by atoms with Crippen molar-refractivity contribution in [2.75, 3.05) is 7.11 Å². The van der Waals surface area contributed by atoms with Gasteiger partial charge in [0.15, 0.2) is 5.43 Å². The predicted octanol–water partition coefficient (Wildman–Crippen LogP) is 3.67. The van der Waals surface area contributed by atoms with Crippen LogP contribution in [-0.4, -0.2) is 18.3 Å². The fourth-order valence-corrected chi connectivity index (χ4v) is 5.18. The molecule has 0 bridgehead atoms. The highest BCUT2D eigenvalue weighted by Gasteiger charge is 2.77. The molecule has 0 aliphatic heterocycles. The number of fused-ring (bicyclic) bond motifs is 1. The molecule has 5 atom stereocenters. The van der Waals surface area contributed by atoms with Crippen molar-refractivity contribution in [1.82, 2.24) is 0 Å². The van der Waals surface area contributed by atoms with Gasteiger partial charge in [-0.1, -0.05) is 32.1 Å². The molecule has 3 rings (SSSR count). The minimum Gasteiger partial charge on any atom is -0.468 e. The number of allylic oxidation sites excluding steroid dienone is 2. The highest BCUT2D eigenvalue weighted by molar-refractivity contribution is 5.52. The van der Waals surface area contributed by atoms with Crippen LogP contribution in [0.2, 0.25) is 0 Å². The monoisotopic (exact) mass is 344 g/mol. The molecule has 1 saturated carbocycles. The summed E-state index contributed by atoms with van der Waals surface area (Å²) in [6.07, 6.45) is 1.70. The average molecular weight is 344 g/mol. The standard InChI is InChI=1S/C21H28O4/c1-10-9-20(6)17(15(10)11(2)14(5)22)21(20,7)18-12(3)16(23)13(4)19(24-8)25-18/h9,14-15,17,22H,2H2,1,3-8H3/t14-,15-,17-,20+,21-/m0/s1. The van der Waals surface area contributed by atoms with E-state index in [0.717, 1.165) is 5.57 Å². The van der Waals surface area contributed by atoms with Crippen LogP contribution in [0, 0.1) is 31.1 Å². The Kier molecular flexibility index (Phi) is 3.84. The molecule has 2 aliphatic carbocycles. The lowest BCUT2D eigenvalue weighted by molar-refractivity contribution is 0.215. The molecule has 4 nitrogen and oxygen atoms in total. The van der Waals surface area contributed by atoms with Crippen LogP contribution in [-0.2, 0) is 5.41 Å². The zero-order valence-corrected chi connectivity index (χ0v) is 16.2. The molecule has 0 spiro atoms. The topological polar surface area (TPSA) is 59.7 Å². The van der Waals surface area contributed by atoms with Gasteiger partial charge in [-0.15, -0.1) is 0 Å². The lowest BCUT2D eigenvalue weighted by atomic mass is 9.81. The van der Waals surface area contributed by atoms with Crippen molar-refractivity contribution >= 4 is 0 Å². The number of ether oxygens (including phenoxy) is 1. The average Bonchev–Trinajstić information content (AvgIpc) is 2.85. The number of rotatable bonds is 4. The van der Waals surface area contributed by atoms with Crippen molar-refractivity contribution in [3.05, 3.63) is 50.9 Å². The first-order valence-electron chi connectivity index (χ1n) is 8.77. The summed E-state index contributed by atoms with van der Waals surface area (Å²) < 4.78 is 11.4. The molecule has 1 aromatic rings. The molecule has 1 heterocycles. The molecule has 1 fully saturated rings. The highest BCUT2D eigenvalue weighted by atomic mass is 16.6. The molecule has 0 aromatic carbocycles. The van der Waals surface area contributed by atoms with Gasteiger partial charge in [0.05, 0.1) is 18.8 Å². The second-order valence-electron chi connectivity index (χ2n) is 8.08. The summed E-state index contributed by atoms with van der Waals surface area (Å²) in [6.45, 7) is 15.9. The zero-order valence-electron chi connectivity index (χ0n) is 16.2. The van der Waals surface area contributed by atoms with Crippen LogP contribution in [0.25, 0.3) is 0 Å². The first kappa shape index (κ1) is 18.0. The van der Waals surface area contributed by atoms with Crippen molar-refractivity contribution in [3.8, 4) is 5.95 Å². The van der Waals surface area contributed by atoms with Gasteiger partial charge in [0.2, 0.25) is 0 Å². The maximum Gasteiger partial charge on any atom is 0.291 e. The van der Waals surface area contributed by atoms with Gasteiger partial charge >= 0.3 is 0 Å². The summed E-state index contributed by atoms with van der Waals surface area (Å²) in [7, 11) is 1.52. The SMILES string of the molecule is C=C([C@@H]1C(C)=C[C@]2(C)[C@H]1[C@@]2(C)c1oc(OC)c(C)c(=O)c1C)[C@H](C)O. The van der Waals surface area contributed by atoms with Gasteiger partial charge in [0.1, 0.15) is 5.76 Å². The van der Waals surface area contributed by atoms with Gasteiger partial charge in [-0.3, -0.25) is 4.79 Å². The number of methoxy groups -OCH3 is 1. The summed E-state index contributed by atoms with van der Waals surface area (Å²) in [4.78, 5) is 12.6. The van der Waals surface area contributed by atoms with Gasteiger partial charge in [0, 0.05) is 22.3 Å². The van der Waals surface area contributed by atoms with Gasteiger partial charge in [-0.2, -0.15) is 0 Å². The molecule has 1 N–H and O–H groups in total. The Morgan fingerprint density at radius 3 is 2.44 bits per heavy atom. The summed E-state index contributed by atoms with van der Waals surface area (Å²) >= 11 is 0. The minimum absolute atomic E-state index is 0.0282. The van der Waals surface area contributed by atoms with E-state index in [-0.39, 0.29) is 34.0 Å². The molecular formula is C21H28O4. The smallest absolute Gasteiger partial charge is 0.291 e. The van der Waals surface area contributed by atoms with Crippen LogP contribution in [0.5, 0.6) is 5.95 Å². The second-order valence-corrected chi connectivity index (χ2v) is 8.08. The maximum atomic E-state index is 12.6. The van der Waals surface area contributed by atoms with Crippen LogP contribution in [0.3, 0.4) is 0 Å². The van der Waals surface area contributed by atoms with Crippen LogP contribution in [0.15, 0.2) is 33.0 Å². The molecule has 0 saturated heterocycles. The van der Waals surface area contributed by atoms with Crippen LogP contribution in [0.4, 0.5) is 0 Å². The summed E-state index contributed by atoms with van der Waals surface area (Å²) in [5.74, 6) is 1.29. The Bertz CT molecular complexity index is 844. The van der Waals surface area contributed by atoms with E-state index >= 15 is 0 Å². The molecule has 0 unspecified atom stereocenters. The third kappa shape index (κ3) is 2.06. The van der Waals surface area contributed by atoms with Crippen molar-refractivity contribution in [2.24, 2.45) is 17.3 Å². The third-order valence-electron chi connectivity index (χ3n) is 6.77. The molecule has 1 aromatic heterocycles. The van der Waals surface area contributed by atoms with Crippen LogP contribution >= 0.6 is 0 Å². The molecule has 4 heteroatoms. The lowest BCUT2D eigenvalue weighted by Crippen LogP contribution is -2.24. The number of hydrogen-bond acceptors (Lipinski definition) is 4. The van der Waals surface area contributed by atoms with Gasteiger partial charge < -0.3 is 14.3 Å². The molecule has 2 aliphatic rings. The summed E-state index contributed by atoms with van der Waals surface area (Å²) in [5, 5.41) is 10.1. The fourth-order valence-electron chi connectivity index (χ4n) is 5.18. The van der Waals surface area contributed by atoms with E-state index in [9.17, 15) is 9.90 Å². The fraction of sp³-hybridized carbons (Fsp3) is 0.571. The Labute approximate surface area is 149 Å². The van der Waals surface area contributed by atoms with E-state index in [2.05, 4.69) is 33.4 Å². The first-order chi connectivity index (χ1) is 11.5. The number of aliphatic hydroxyl groups is 1. The molecule has 25 heavy (non-hydrogen) atoms. The first-order valence-corrected chi connectivity index (χ1v) is 8.77. The Hall–Kier alpha value is -1.81. The zero-order chi connectivity index (χ0) is 18.9. The van der Waals surface area contributed by atoms with E-state index in [1.807, 2.05) is 6.92 Å². The lowest BCUT2D eigenvalue weighted by Gasteiger charge is -2.26. The molecular weight excluding hydrogens is 316 g/mol. The maximum absolute atomic E-state index is 12.6. The summed E-state index contributed by atoms with van der Waals surface area (Å²) in [6, 6.07) is 0. The largest absolute Gasteiger partial charge is 0.468 e. The van der Waals surface area contributed by atoms with Crippen LogP contribution in [0.1, 0.15) is 44.6 Å². The van der Waals surface area contributed by atoms with Crippen molar-refractivity contribution < 1.29 is 14.3 Å². The molecule has 0 radical (unpaired) electrons. The van der Waals surface area contributed by atoms with E-state index in [0.29, 0.717) is 16.9 Å². The normalized spacial score (nSPS) is 34.3. The van der Waals surface area contributed by atoms with E-state index < -0.39 is 6.10 Å². The number of aliphatic hydroxyl groups excluding tert-OH is 1. The van der Waals surface area contributed by atoms with Crippen molar-refractivity contribution in [3.63, 3.8) is 0 Å². The number of hydrogen-bond donors (Lipinski definition) is 1. The minimum atomic E-state index is -0.568. The Morgan fingerprint density at radius 2 is 1.92 bits per heavy atom. The van der Waals surface area contributed by atoms with Gasteiger partial charge in [-0.25, -0.2) is 0 Å². The van der Waals surface area contributed by atoms with Crippen molar-refractivity contribution in [2.45, 2.75) is 53.1 Å². The summed E-state index contributed by atoms with van der Waals surface area (Å²) in [5.41, 5.74) is 2.73. The molecule has 0 amide bonds. The van der Waals surface area contributed by atoms with Crippen LogP contribution < -0.4 is 10.2 Å². The predicted molar refractivity (Wildman–Crippen MR) is 98.0 cm³/mol. The van der Waals surface area contributed by atoms with E-state index in [1.54, 1.807) is 13.8 Å². The highest BCUT2D eigenvalue weighted by Crippen LogP contribution is 2.78.